The first-order valence-electron chi connectivity index (χ1n) is 12.6. The molecule has 0 aromatic heterocycles. The van der Waals surface area contributed by atoms with Crippen LogP contribution >= 0.6 is 0 Å². The second-order valence-electron chi connectivity index (χ2n) is 9.57. The first-order valence-corrected chi connectivity index (χ1v) is 12.6. The lowest BCUT2D eigenvalue weighted by atomic mass is 10.0. The Bertz CT molecular complexity index is 1010. The van der Waals surface area contributed by atoms with E-state index >= 15 is 0 Å². The zero-order valence-electron chi connectivity index (χ0n) is 22.3. The number of guanidine groups is 1. The van der Waals surface area contributed by atoms with Gasteiger partial charge in [-0.2, -0.15) is 0 Å². The zero-order chi connectivity index (χ0) is 29.5. The fraction of sp³-hybridized carbons (Fsp3) is 0.520. The molecule has 4 amide bonds. The number of carboxylic acid groups (broad SMARTS) is 1. The number of hydrogen-bond acceptors (Lipinski definition) is 7. The molecule has 0 aliphatic heterocycles. The number of amides is 4. The van der Waals surface area contributed by atoms with E-state index in [1.807, 2.05) is 13.8 Å². The number of carbonyl (C=O) groups excluding carboxylic acids is 4. The smallest absolute Gasteiger partial charge is 0.326 e. The van der Waals surface area contributed by atoms with E-state index in [4.69, 9.17) is 22.9 Å². The van der Waals surface area contributed by atoms with E-state index in [9.17, 15) is 29.1 Å². The zero-order valence-corrected chi connectivity index (χ0v) is 22.3. The molecule has 1 aromatic rings. The highest BCUT2D eigenvalue weighted by molar-refractivity contribution is 5.96. The molecule has 4 unspecified atom stereocenters. The van der Waals surface area contributed by atoms with Crippen molar-refractivity contribution in [3.05, 3.63) is 35.9 Å². The number of primary amides is 1. The van der Waals surface area contributed by atoms with Crippen molar-refractivity contribution < 1.29 is 29.1 Å². The van der Waals surface area contributed by atoms with Gasteiger partial charge in [-0.05, 0) is 30.7 Å². The van der Waals surface area contributed by atoms with Crippen LogP contribution in [0.25, 0.3) is 0 Å². The Morgan fingerprint density at radius 2 is 1.44 bits per heavy atom. The van der Waals surface area contributed by atoms with Crippen molar-refractivity contribution in [1.29, 1.82) is 0 Å². The number of benzene rings is 1. The maximum atomic E-state index is 13.2. The number of aliphatic imine (C=N–C) groups is 1. The predicted octanol–water partition coefficient (Wildman–Crippen LogP) is -1.93. The van der Waals surface area contributed by atoms with Gasteiger partial charge in [-0.1, -0.05) is 44.2 Å². The van der Waals surface area contributed by atoms with Crippen molar-refractivity contribution in [2.45, 2.75) is 70.1 Å². The third-order valence-electron chi connectivity index (χ3n) is 5.58. The van der Waals surface area contributed by atoms with Crippen molar-refractivity contribution in [2.75, 3.05) is 6.54 Å². The van der Waals surface area contributed by atoms with Gasteiger partial charge >= 0.3 is 5.97 Å². The van der Waals surface area contributed by atoms with Gasteiger partial charge in [-0.15, -0.1) is 0 Å². The Labute approximate surface area is 227 Å². The lowest BCUT2D eigenvalue weighted by Crippen LogP contribution is -2.58. The summed E-state index contributed by atoms with van der Waals surface area (Å²) in [6, 6.07) is 3.90. The summed E-state index contributed by atoms with van der Waals surface area (Å²) >= 11 is 0. The van der Waals surface area contributed by atoms with Crippen LogP contribution in [0, 0.1) is 5.92 Å². The molecule has 0 aliphatic carbocycles. The van der Waals surface area contributed by atoms with Crippen LogP contribution in [0.4, 0.5) is 0 Å². The Kier molecular flexibility index (Phi) is 14.0. The highest BCUT2D eigenvalue weighted by atomic mass is 16.4. The number of nitrogens with one attached hydrogen (secondary N) is 3. The molecule has 0 fully saturated rings. The number of nitrogens with two attached hydrogens (primary N) is 4. The van der Waals surface area contributed by atoms with Gasteiger partial charge in [0, 0.05) is 13.0 Å². The molecule has 1 aromatic carbocycles. The summed E-state index contributed by atoms with van der Waals surface area (Å²) in [4.78, 5) is 66.0. The van der Waals surface area contributed by atoms with Crippen molar-refractivity contribution in [2.24, 2.45) is 33.8 Å². The Balaban J connectivity index is 3.05. The monoisotopic (exact) mass is 548 g/mol. The lowest BCUT2D eigenvalue weighted by molar-refractivity contribution is -0.143. The molecule has 0 saturated heterocycles. The largest absolute Gasteiger partial charge is 0.480 e. The van der Waals surface area contributed by atoms with E-state index < -0.39 is 60.2 Å². The highest BCUT2D eigenvalue weighted by Crippen LogP contribution is 2.09. The fourth-order valence-electron chi connectivity index (χ4n) is 3.64. The van der Waals surface area contributed by atoms with Crippen LogP contribution in [0.2, 0.25) is 0 Å². The summed E-state index contributed by atoms with van der Waals surface area (Å²) in [6.07, 6.45) is 0.226. The summed E-state index contributed by atoms with van der Waals surface area (Å²) in [5.74, 6) is -4.51. The average Bonchev–Trinajstić information content (AvgIpc) is 2.84. The van der Waals surface area contributed by atoms with Crippen molar-refractivity contribution in [1.82, 2.24) is 16.0 Å². The molecule has 0 aliphatic rings. The number of nitrogens with zero attached hydrogens (tertiary/aromatic N) is 1. The van der Waals surface area contributed by atoms with Gasteiger partial charge in [0.25, 0.3) is 0 Å². The van der Waals surface area contributed by atoms with Gasteiger partial charge in [0.1, 0.15) is 18.1 Å². The maximum Gasteiger partial charge on any atom is 0.326 e. The van der Waals surface area contributed by atoms with Crippen LogP contribution in [0.5, 0.6) is 0 Å². The molecule has 0 radical (unpaired) electrons. The molecule has 4 atom stereocenters. The summed E-state index contributed by atoms with van der Waals surface area (Å²) < 4.78 is 0. The number of aliphatic carboxylic acids is 1. The quantitative estimate of drug-likeness (QED) is 0.0611. The fourth-order valence-corrected chi connectivity index (χ4v) is 3.64. The molecular formula is C25H40N8O6. The Morgan fingerprint density at radius 1 is 0.872 bits per heavy atom. The maximum absolute atomic E-state index is 13.2. The van der Waals surface area contributed by atoms with Gasteiger partial charge in [0.2, 0.25) is 23.6 Å². The van der Waals surface area contributed by atoms with Crippen LogP contribution in [-0.4, -0.2) is 71.4 Å². The van der Waals surface area contributed by atoms with Crippen LogP contribution in [0.15, 0.2) is 35.3 Å². The number of carbonyl (C=O) groups is 5. The minimum atomic E-state index is -1.42. The topological polar surface area (TPSA) is 258 Å². The number of hydrogen-bond donors (Lipinski definition) is 8. The van der Waals surface area contributed by atoms with E-state index in [1.54, 1.807) is 30.3 Å². The lowest BCUT2D eigenvalue weighted by Gasteiger charge is -2.25. The third kappa shape index (κ3) is 13.2. The van der Waals surface area contributed by atoms with E-state index in [-0.39, 0.29) is 37.7 Å². The third-order valence-corrected chi connectivity index (χ3v) is 5.58. The van der Waals surface area contributed by atoms with Gasteiger partial charge in [-0.3, -0.25) is 24.2 Å². The molecule has 12 N–H and O–H groups in total. The second kappa shape index (κ2) is 16.6. The minimum Gasteiger partial charge on any atom is -0.480 e. The molecule has 1 rings (SSSR count). The van der Waals surface area contributed by atoms with Crippen molar-refractivity contribution in [3.63, 3.8) is 0 Å². The van der Waals surface area contributed by atoms with Crippen molar-refractivity contribution >= 4 is 35.6 Å². The van der Waals surface area contributed by atoms with Crippen LogP contribution in [0.3, 0.4) is 0 Å². The summed E-state index contributed by atoms with van der Waals surface area (Å²) in [7, 11) is 0. The van der Waals surface area contributed by atoms with Gasteiger partial charge < -0.3 is 44.0 Å². The summed E-state index contributed by atoms with van der Waals surface area (Å²) in [6.45, 7) is 3.88. The Hall–Kier alpha value is -4.20. The number of carboxylic acids is 1. The van der Waals surface area contributed by atoms with Gasteiger partial charge in [-0.25, -0.2) is 4.79 Å². The van der Waals surface area contributed by atoms with Gasteiger partial charge in [0.15, 0.2) is 5.96 Å². The summed E-state index contributed by atoms with van der Waals surface area (Å²) in [5, 5.41) is 16.9. The molecule has 0 bridgehead atoms. The van der Waals surface area contributed by atoms with Crippen LogP contribution in [0.1, 0.15) is 45.1 Å². The van der Waals surface area contributed by atoms with Crippen molar-refractivity contribution in [3.8, 4) is 0 Å². The van der Waals surface area contributed by atoms with E-state index in [1.165, 1.54) is 0 Å². The average molecular weight is 549 g/mol. The van der Waals surface area contributed by atoms with Crippen LogP contribution in [-0.2, 0) is 30.4 Å². The van der Waals surface area contributed by atoms with E-state index in [0.717, 1.165) is 0 Å². The molecule has 0 heterocycles. The molecule has 0 spiro atoms. The highest BCUT2D eigenvalue weighted by Gasteiger charge is 2.31. The SMILES string of the molecule is CC(C)CC(NC(=O)C(Cc1ccccc1)NC(=O)C(CC(N)=O)NC(=O)C(N)CCCN=C(N)N)C(=O)O. The predicted molar refractivity (Wildman–Crippen MR) is 145 cm³/mol. The molecule has 39 heavy (non-hydrogen) atoms. The first kappa shape index (κ1) is 32.8. The summed E-state index contributed by atoms with van der Waals surface area (Å²) in [5.41, 5.74) is 22.4. The van der Waals surface area contributed by atoms with Gasteiger partial charge in [0.05, 0.1) is 12.5 Å². The van der Waals surface area contributed by atoms with E-state index in [2.05, 4.69) is 20.9 Å². The molecule has 0 saturated carbocycles. The van der Waals surface area contributed by atoms with Crippen LogP contribution < -0.4 is 38.9 Å². The molecule has 14 nitrogen and oxygen atoms in total. The second-order valence-corrected chi connectivity index (χ2v) is 9.57. The normalized spacial score (nSPS) is 13.8. The molecular weight excluding hydrogens is 508 g/mol. The standard InChI is InChI=1S/C25H40N8O6/c1-14(2)11-19(24(38)39)33-22(36)17(12-15-7-4-3-5-8-15)32-23(37)18(13-20(27)34)31-21(35)16(26)9-6-10-30-25(28)29/h3-5,7-8,14,16-19H,6,9-13,26H2,1-2H3,(H2,27,34)(H,31,35)(H,32,37)(H,33,36)(H,38,39)(H4,28,29,30). The number of rotatable bonds is 17. The molecule has 14 heteroatoms. The minimum absolute atomic E-state index is 0.0209. The molecule has 216 valence electrons. The Morgan fingerprint density at radius 3 is 1.97 bits per heavy atom. The first-order chi connectivity index (χ1) is 18.3. The van der Waals surface area contributed by atoms with E-state index in [0.29, 0.717) is 12.0 Å².